The molecule has 0 radical (unpaired) electrons. The van der Waals surface area contributed by atoms with Gasteiger partial charge in [-0.25, -0.2) is 4.98 Å². The molecule has 5 heterocycles. The van der Waals surface area contributed by atoms with Crippen molar-refractivity contribution >= 4 is 11.5 Å². The molecular weight excluding hydrogens is 372 g/mol. The molecular formula is C24H24N6. The Morgan fingerprint density at radius 1 is 0.933 bits per heavy atom. The molecule has 2 fully saturated rings. The highest BCUT2D eigenvalue weighted by atomic mass is 15.3. The molecule has 0 spiro atoms. The molecule has 2 saturated heterocycles. The van der Waals surface area contributed by atoms with Gasteiger partial charge >= 0.3 is 0 Å². The Morgan fingerprint density at radius 2 is 1.73 bits per heavy atom. The summed E-state index contributed by atoms with van der Waals surface area (Å²) in [6.07, 6.45) is 8.56. The van der Waals surface area contributed by atoms with Crippen LogP contribution in [0.1, 0.15) is 37.3 Å². The Bertz CT molecular complexity index is 1190. The van der Waals surface area contributed by atoms with E-state index in [9.17, 15) is 0 Å². The summed E-state index contributed by atoms with van der Waals surface area (Å²) in [5, 5.41) is 8.20. The topological polar surface area (TPSA) is 81.1 Å². The van der Waals surface area contributed by atoms with E-state index in [4.69, 9.17) is 10.7 Å². The summed E-state index contributed by atoms with van der Waals surface area (Å²) in [6.45, 7) is 0. The monoisotopic (exact) mass is 396 g/mol. The maximum absolute atomic E-state index is 6.37. The summed E-state index contributed by atoms with van der Waals surface area (Å²) in [4.78, 5) is 9.71. The summed E-state index contributed by atoms with van der Waals surface area (Å²) >= 11 is 0. The first-order valence-electron chi connectivity index (χ1n) is 10.7. The van der Waals surface area contributed by atoms with Crippen LogP contribution in [0.4, 0.5) is 5.82 Å². The second-order valence-electron chi connectivity index (χ2n) is 8.50. The number of nitrogens with one attached hydrogen (secondary N) is 1. The predicted octanol–water partition coefficient (Wildman–Crippen LogP) is 4.04. The normalized spacial score (nSPS) is 23.1. The van der Waals surface area contributed by atoms with E-state index < -0.39 is 0 Å². The van der Waals surface area contributed by atoms with E-state index in [0.29, 0.717) is 23.8 Å². The van der Waals surface area contributed by atoms with Gasteiger partial charge in [0, 0.05) is 52.6 Å². The first-order valence-corrected chi connectivity index (χ1v) is 10.7. The van der Waals surface area contributed by atoms with Crippen molar-refractivity contribution in [2.75, 3.05) is 5.73 Å². The van der Waals surface area contributed by atoms with Crippen LogP contribution in [0.5, 0.6) is 0 Å². The van der Waals surface area contributed by atoms with Gasteiger partial charge < -0.3 is 11.1 Å². The number of hydrogen-bond acceptors (Lipinski definition) is 5. The third-order valence-electron chi connectivity index (χ3n) is 6.55. The molecule has 4 aromatic rings. The van der Waals surface area contributed by atoms with E-state index in [1.807, 2.05) is 42.7 Å². The Balaban J connectivity index is 1.38. The number of piperidine rings is 1. The zero-order valence-corrected chi connectivity index (χ0v) is 16.7. The Kier molecular flexibility index (Phi) is 4.06. The molecule has 1 aromatic carbocycles. The van der Waals surface area contributed by atoms with Gasteiger partial charge in [-0.15, -0.1) is 0 Å². The molecule has 0 aliphatic carbocycles. The molecule has 6 rings (SSSR count). The van der Waals surface area contributed by atoms with E-state index in [-0.39, 0.29) is 0 Å². The van der Waals surface area contributed by atoms with Crippen molar-refractivity contribution in [2.24, 2.45) is 0 Å². The number of nitrogens with two attached hydrogens (primary N) is 1. The minimum absolute atomic E-state index is 0.456. The fraction of sp³-hybridized carbons (Fsp3) is 0.292. The third kappa shape index (κ3) is 2.95. The number of nitrogens with zero attached hydrogens (tertiary/aromatic N) is 4. The largest absolute Gasteiger partial charge is 0.384 e. The summed E-state index contributed by atoms with van der Waals surface area (Å²) < 4.78 is 1.74. The van der Waals surface area contributed by atoms with Crippen molar-refractivity contribution in [3.8, 4) is 22.4 Å². The molecule has 6 heteroatoms. The van der Waals surface area contributed by atoms with E-state index in [0.717, 1.165) is 46.6 Å². The van der Waals surface area contributed by atoms with Gasteiger partial charge in [-0.3, -0.25) is 4.98 Å². The van der Waals surface area contributed by atoms with Crippen molar-refractivity contribution in [1.29, 1.82) is 0 Å². The zero-order valence-electron chi connectivity index (χ0n) is 16.7. The van der Waals surface area contributed by atoms with E-state index in [1.54, 1.807) is 4.52 Å². The van der Waals surface area contributed by atoms with Crippen LogP contribution in [0.15, 0.2) is 60.9 Å². The van der Waals surface area contributed by atoms with Crippen molar-refractivity contribution in [2.45, 2.75) is 43.7 Å². The van der Waals surface area contributed by atoms with Gasteiger partial charge in [-0.05, 0) is 31.7 Å². The highest BCUT2D eigenvalue weighted by molar-refractivity contribution is 5.78. The lowest BCUT2D eigenvalue weighted by molar-refractivity contribution is 0.359. The number of hydrogen-bond donors (Lipinski definition) is 2. The number of anilines is 1. The zero-order chi connectivity index (χ0) is 20.1. The van der Waals surface area contributed by atoms with Crippen LogP contribution in [0.2, 0.25) is 0 Å². The first kappa shape index (κ1) is 17.6. The van der Waals surface area contributed by atoms with Crippen molar-refractivity contribution in [3.63, 3.8) is 0 Å². The quantitative estimate of drug-likeness (QED) is 0.546. The first-order chi connectivity index (χ1) is 14.7. The second-order valence-corrected chi connectivity index (χ2v) is 8.50. The van der Waals surface area contributed by atoms with Gasteiger partial charge in [0.15, 0.2) is 5.65 Å². The maximum Gasteiger partial charge on any atom is 0.165 e. The molecule has 3 aromatic heterocycles. The van der Waals surface area contributed by atoms with Crippen LogP contribution in [-0.2, 0) is 0 Å². The Morgan fingerprint density at radius 3 is 2.47 bits per heavy atom. The molecule has 0 amide bonds. The van der Waals surface area contributed by atoms with E-state index >= 15 is 0 Å². The highest BCUT2D eigenvalue weighted by Crippen LogP contribution is 2.37. The van der Waals surface area contributed by atoms with Crippen LogP contribution in [0, 0.1) is 0 Å². The summed E-state index contributed by atoms with van der Waals surface area (Å²) in [7, 11) is 0. The fourth-order valence-corrected chi connectivity index (χ4v) is 5.05. The molecule has 0 unspecified atom stereocenters. The third-order valence-corrected chi connectivity index (χ3v) is 6.55. The van der Waals surface area contributed by atoms with E-state index in [2.05, 4.69) is 33.6 Å². The van der Waals surface area contributed by atoms with Crippen LogP contribution < -0.4 is 11.1 Å². The second kappa shape index (κ2) is 6.92. The van der Waals surface area contributed by atoms with Gasteiger partial charge in [0.05, 0.1) is 11.9 Å². The van der Waals surface area contributed by atoms with Gasteiger partial charge in [0.25, 0.3) is 0 Å². The molecule has 2 aliphatic heterocycles. The number of fused-ring (bicyclic) bond motifs is 3. The number of aromatic nitrogens is 4. The lowest BCUT2D eigenvalue weighted by atomic mass is 9.89. The molecule has 150 valence electrons. The van der Waals surface area contributed by atoms with E-state index in [1.165, 1.54) is 12.8 Å². The maximum atomic E-state index is 6.37. The summed E-state index contributed by atoms with van der Waals surface area (Å²) in [6, 6.07) is 17.6. The number of pyridine rings is 1. The molecule has 30 heavy (non-hydrogen) atoms. The van der Waals surface area contributed by atoms with Crippen molar-refractivity contribution in [1.82, 2.24) is 24.9 Å². The fourth-order valence-electron chi connectivity index (χ4n) is 5.05. The number of nitrogen functional groups attached to an aromatic ring is 1. The molecule has 3 N–H and O–H groups in total. The van der Waals surface area contributed by atoms with Crippen LogP contribution in [-0.4, -0.2) is 31.7 Å². The van der Waals surface area contributed by atoms with Gasteiger partial charge in [0.2, 0.25) is 0 Å². The van der Waals surface area contributed by atoms with Gasteiger partial charge in [-0.1, -0.05) is 36.4 Å². The average molecular weight is 396 g/mol. The van der Waals surface area contributed by atoms with Crippen LogP contribution in [0.3, 0.4) is 0 Å². The molecule has 2 bridgehead atoms. The number of benzene rings is 1. The van der Waals surface area contributed by atoms with Crippen molar-refractivity contribution in [3.05, 3.63) is 66.6 Å². The number of rotatable bonds is 3. The van der Waals surface area contributed by atoms with Crippen LogP contribution in [0.25, 0.3) is 28.0 Å². The Labute approximate surface area is 175 Å². The van der Waals surface area contributed by atoms with Crippen molar-refractivity contribution < 1.29 is 0 Å². The molecule has 3 atom stereocenters. The highest BCUT2D eigenvalue weighted by Gasteiger charge is 2.35. The molecule has 2 aliphatic rings. The smallest absolute Gasteiger partial charge is 0.165 e. The van der Waals surface area contributed by atoms with Crippen LogP contribution >= 0.6 is 0 Å². The lowest BCUT2D eigenvalue weighted by Gasteiger charge is -2.28. The molecule has 0 saturated carbocycles. The Hall–Kier alpha value is -3.25. The van der Waals surface area contributed by atoms with Gasteiger partial charge in [-0.2, -0.15) is 9.61 Å². The van der Waals surface area contributed by atoms with Gasteiger partial charge in [0.1, 0.15) is 5.82 Å². The minimum atomic E-state index is 0.456. The minimum Gasteiger partial charge on any atom is -0.384 e. The lowest BCUT2D eigenvalue weighted by Crippen LogP contribution is -2.37. The molecule has 6 nitrogen and oxygen atoms in total. The average Bonchev–Trinajstić information content (AvgIpc) is 3.37. The SMILES string of the molecule is Nc1cc([C@H]2C[C@H]3CC[C@@H](C2)N3)nc2c(-c3ccc(-c4ccccc4)nc3)cnn12. The predicted molar refractivity (Wildman–Crippen MR) is 118 cm³/mol. The standard InChI is InChI=1S/C24H24N6/c25-23-12-22(17-10-18-7-8-19(11-17)28-18)29-24-20(14-27-30(23)24)16-6-9-21(26-13-16)15-4-2-1-3-5-15/h1-6,9,12-14,17-19,28H,7-8,10-11,25H2/t17-,18+,19-. The summed E-state index contributed by atoms with van der Waals surface area (Å²) in [5.74, 6) is 1.10. The summed E-state index contributed by atoms with van der Waals surface area (Å²) in [5.41, 5.74) is 12.3.